The van der Waals surface area contributed by atoms with Crippen LogP contribution in [-0.2, 0) is 39.9 Å². The van der Waals surface area contributed by atoms with Crippen molar-refractivity contribution in [3.05, 3.63) is 78.9 Å². The zero-order valence-electron chi connectivity index (χ0n) is 31.6. The van der Waals surface area contributed by atoms with Gasteiger partial charge in [0.15, 0.2) is 11.5 Å². The first-order valence-electron chi connectivity index (χ1n) is 16.8. The minimum atomic E-state index is -5.14. The van der Waals surface area contributed by atoms with Crippen molar-refractivity contribution in [2.24, 2.45) is 35.8 Å². The van der Waals surface area contributed by atoms with Crippen LogP contribution >= 0.6 is 0 Å². The second-order valence-corrected chi connectivity index (χ2v) is 16.6. The van der Waals surface area contributed by atoms with Crippen molar-refractivity contribution in [1.82, 2.24) is 0 Å². The monoisotopic (exact) mass is 912 g/mol. The number of phenols is 1. The molecule has 1 aliphatic heterocycles. The van der Waals surface area contributed by atoms with Gasteiger partial charge in [0.25, 0.3) is 36.3 Å². The lowest BCUT2D eigenvalue weighted by Crippen LogP contribution is -2.33. The van der Waals surface area contributed by atoms with Gasteiger partial charge >= 0.3 is 5.97 Å². The molecule has 5 aromatic carbocycles. The number of nitrogens with zero attached hydrogens (tertiary/aromatic N) is 8. The highest BCUT2D eigenvalue weighted by molar-refractivity contribution is 7.86. The number of amides is 1. The van der Waals surface area contributed by atoms with Crippen LogP contribution in [0.2, 0.25) is 0 Å². The number of hydrogen-bond acceptors (Lipinski definition) is 19. The molecule has 0 saturated heterocycles. The maximum atomic E-state index is 13.2. The number of carboxylic acids is 1. The van der Waals surface area contributed by atoms with Crippen molar-refractivity contribution in [3.8, 4) is 23.0 Å². The minimum absolute atomic E-state index is 0.0327. The number of phenolic OH excluding ortho intramolecular Hbond substituents is 1. The summed E-state index contributed by atoms with van der Waals surface area (Å²) in [5.74, 6) is -3.40. The molecule has 1 aliphatic rings. The fourth-order valence-corrected chi connectivity index (χ4v) is 7.39. The number of rotatable bonds is 14. The van der Waals surface area contributed by atoms with Crippen molar-refractivity contribution in [2.75, 3.05) is 26.3 Å². The van der Waals surface area contributed by atoms with Gasteiger partial charge in [-0.2, -0.15) is 45.6 Å². The average Bonchev–Trinajstić information content (AvgIpc) is 3.56. The molecule has 1 amide bonds. The molecule has 0 bridgehead atoms. The fourth-order valence-electron chi connectivity index (χ4n) is 5.62. The number of carboxylic acid groups (broad SMARTS) is 1. The second kappa shape index (κ2) is 17.0. The number of methoxy groups -OCH3 is 3. The standard InChI is InChI=1S/C35H28N8O16S3/c1-57-20-7-11-23(28(14-20)61(51,52)53)37-38-24-15-27(59-3)25(16-26(24)58-2)39-40-30-29(62(54,55)56)13-17-12-18(4-10-22(17)33(30)44)36-41-31-32(35(46)47)42-43(34(31)45)19-5-8-21(9-6-19)60(48,49)50/h4-16,31,44H,1-3H3,(H,46,47)(H,48,49,50)(H,51,52,53)(H,54,55,56)/b38-37+,40-39+,41-36+. The van der Waals surface area contributed by atoms with Crippen molar-refractivity contribution >= 4 is 92.8 Å². The van der Waals surface area contributed by atoms with Gasteiger partial charge in [0.2, 0.25) is 6.04 Å². The molecule has 27 heteroatoms. The largest absolute Gasteiger partial charge is 0.505 e. The number of fused-ring (bicyclic) bond motifs is 1. The van der Waals surface area contributed by atoms with E-state index >= 15 is 0 Å². The van der Waals surface area contributed by atoms with Crippen LogP contribution in [-0.4, -0.2) is 94.1 Å². The molecule has 1 atom stereocenters. The molecular formula is C35H28N8O16S3. The van der Waals surface area contributed by atoms with E-state index in [0.717, 1.165) is 36.4 Å². The number of aromatic hydroxyl groups is 1. The van der Waals surface area contributed by atoms with E-state index in [2.05, 4.69) is 35.8 Å². The van der Waals surface area contributed by atoms with E-state index in [1.54, 1.807) is 0 Å². The third-order valence-corrected chi connectivity index (χ3v) is 11.2. The van der Waals surface area contributed by atoms with Gasteiger partial charge in [0.1, 0.15) is 49.8 Å². The lowest BCUT2D eigenvalue weighted by Gasteiger charge is -2.12. The molecule has 0 saturated carbocycles. The van der Waals surface area contributed by atoms with Gasteiger partial charge in [0, 0.05) is 23.6 Å². The minimum Gasteiger partial charge on any atom is -0.505 e. The Morgan fingerprint density at radius 3 is 1.82 bits per heavy atom. The van der Waals surface area contributed by atoms with Crippen LogP contribution in [0.25, 0.3) is 10.8 Å². The molecule has 5 N–H and O–H groups in total. The third kappa shape index (κ3) is 9.21. The van der Waals surface area contributed by atoms with Crippen LogP contribution in [0, 0.1) is 0 Å². The predicted molar refractivity (Wildman–Crippen MR) is 213 cm³/mol. The molecule has 6 rings (SSSR count). The third-order valence-electron chi connectivity index (χ3n) is 8.56. The lowest BCUT2D eigenvalue weighted by atomic mass is 10.1. The van der Waals surface area contributed by atoms with E-state index in [-0.39, 0.29) is 56.5 Å². The van der Waals surface area contributed by atoms with Crippen LogP contribution in [0.4, 0.5) is 34.1 Å². The van der Waals surface area contributed by atoms with Crippen LogP contribution in [0.1, 0.15) is 0 Å². The van der Waals surface area contributed by atoms with Gasteiger partial charge in [-0.25, -0.2) is 4.79 Å². The quantitative estimate of drug-likeness (QED) is 0.0622. The number of azo groups is 3. The zero-order valence-corrected chi connectivity index (χ0v) is 34.1. The topological polar surface area (TPSA) is 355 Å². The van der Waals surface area contributed by atoms with Gasteiger partial charge in [-0.15, -0.1) is 20.5 Å². The van der Waals surface area contributed by atoms with Crippen LogP contribution < -0.4 is 19.2 Å². The number of carbonyl (C=O) groups excluding carboxylic acids is 1. The first-order valence-corrected chi connectivity index (χ1v) is 21.1. The summed E-state index contributed by atoms with van der Waals surface area (Å²) in [6.45, 7) is 0. The molecule has 0 aromatic heterocycles. The molecule has 0 fully saturated rings. The molecule has 62 heavy (non-hydrogen) atoms. The van der Waals surface area contributed by atoms with Crippen LogP contribution in [0.15, 0.2) is 129 Å². The maximum absolute atomic E-state index is 13.2. The summed E-state index contributed by atoms with van der Waals surface area (Å²) in [5, 5.41) is 48.8. The molecule has 0 spiro atoms. The van der Waals surface area contributed by atoms with Gasteiger partial charge in [-0.1, -0.05) is 0 Å². The highest BCUT2D eigenvalue weighted by Gasteiger charge is 2.41. The summed E-state index contributed by atoms with van der Waals surface area (Å²) in [4.78, 5) is 23.1. The zero-order chi connectivity index (χ0) is 45.3. The van der Waals surface area contributed by atoms with Crippen molar-refractivity contribution in [2.45, 2.75) is 20.7 Å². The van der Waals surface area contributed by atoms with E-state index in [1.165, 1.54) is 63.8 Å². The Kier molecular flexibility index (Phi) is 12.1. The van der Waals surface area contributed by atoms with E-state index < -0.39 is 80.1 Å². The highest BCUT2D eigenvalue weighted by Crippen LogP contribution is 2.45. The summed E-state index contributed by atoms with van der Waals surface area (Å²) in [6, 6.07) is 13.0. The molecule has 0 aliphatic carbocycles. The van der Waals surface area contributed by atoms with Crippen LogP contribution in [0.3, 0.4) is 0 Å². The summed E-state index contributed by atoms with van der Waals surface area (Å²) < 4.78 is 117. The number of benzene rings is 5. The van der Waals surface area contributed by atoms with E-state index in [1.807, 2.05) is 0 Å². The molecule has 0 radical (unpaired) electrons. The second-order valence-electron chi connectivity index (χ2n) is 12.4. The SMILES string of the molecule is COc1ccc(/N=N/c2cc(OC)c(/N=N/c3c(S(=O)(=O)O)cc4cc(/N=N/C5C(=O)N(c6ccc(S(=O)(=O)O)cc6)N=C5C(=O)O)ccc4c3O)cc2OC)c(S(=O)(=O)O)c1. The van der Waals surface area contributed by atoms with Crippen LogP contribution in [0.5, 0.6) is 23.0 Å². The van der Waals surface area contributed by atoms with Gasteiger partial charge in [0.05, 0.1) is 37.6 Å². The first-order chi connectivity index (χ1) is 29.1. The van der Waals surface area contributed by atoms with Crippen molar-refractivity contribution in [3.63, 3.8) is 0 Å². The number of hydrazone groups is 1. The Balaban J connectivity index is 1.32. The molecule has 5 aromatic rings. The number of ether oxygens (including phenoxy) is 3. The number of carbonyl (C=O) groups is 2. The Morgan fingerprint density at radius 1 is 0.677 bits per heavy atom. The van der Waals surface area contributed by atoms with Crippen molar-refractivity contribution < 1.29 is 72.9 Å². The van der Waals surface area contributed by atoms with E-state index in [0.29, 0.717) is 5.01 Å². The first kappa shape index (κ1) is 44.3. The van der Waals surface area contributed by atoms with E-state index in [4.69, 9.17) is 14.2 Å². The number of aliphatic carboxylic acids is 1. The normalized spacial score (nSPS) is 14.9. The summed E-state index contributed by atoms with van der Waals surface area (Å²) in [7, 11) is -10.7. The van der Waals surface area contributed by atoms with E-state index in [9.17, 15) is 58.7 Å². The Bertz CT molecular complexity index is 3140. The van der Waals surface area contributed by atoms with Gasteiger partial charge in [-0.05, 0) is 66.0 Å². The number of hydrogen-bond donors (Lipinski definition) is 5. The molecule has 322 valence electrons. The highest BCUT2D eigenvalue weighted by atomic mass is 32.2. The fraction of sp³-hybridized carbons (Fsp3) is 0.114. The number of anilines is 1. The predicted octanol–water partition coefficient (Wildman–Crippen LogP) is 6.08. The Labute approximate surface area is 349 Å². The lowest BCUT2D eigenvalue weighted by molar-refractivity contribution is -0.130. The molecular weight excluding hydrogens is 885 g/mol. The Morgan fingerprint density at radius 2 is 1.27 bits per heavy atom. The Hall–Kier alpha value is -7.30. The van der Waals surface area contributed by atoms with Gasteiger partial charge < -0.3 is 24.4 Å². The summed E-state index contributed by atoms with van der Waals surface area (Å²) in [5.41, 5.74) is -2.04. The average molecular weight is 913 g/mol. The van der Waals surface area contributed by atoms with Crippen molar-refractivity contribution in [1.29, 1.82) is 0 Å². The molecule has 24 nitrogen and oxygen atoms in total. The smallest absolute Gasteiger partial charge is 0.355 e. The molecule has 1 heterocycles. The van der Waals surface area contributed by atoms with Gasteiger partial charge in [-0.3, -0.25) is 18.5 Å². The summed E-state index contributed by atoms with van der Waals surface area (Å²) in [6.07, 6.45) is 0. The molecule has 1 unspecified atom stereocenters. The maximum Gasteiger partial charge on any atom is 0.355 e. The summed E-state index contributed by atoms with van der Waals surface area (Å²) >= 11 is 0.